The molecule has 7 nitrogen and oxygen atoms in total. The lowest BCUT2D eigenvalue weighted by atomic mass is 10.1. The molecule has 34 heavy (non-hydrogen) atoms. The Kier molecular flexibility index (Phi) is 10.5. The summed E-state index contributed by atoms with van der Waals surface area (Å²) in [6.45, 7) is 3.64. The molecule has 2 aromatic rings. The predicted octanol–water partition coefficient (Wildman–Crippen LogP) is 4.75. The number of nitrogens with zero attached hydrogens (tertiary/aromatic N) is 2. The molecule has 0 aliphatic rings. The summed E-state index contributed by atoms with van der Waals surface area (Å²) in [6.07, 6.45) is 2.71. The summed E-state index contributed by atoms with van der Waals surface area (Å²) in [7, 11) is -3.86. The molecule has 0 unspecified atom stereocenters. The first-order valence-corrected chi connectivity index (χ1v) is 13.7. The molecule has 0 saturated carbocycles. The van der Waals surface area contributed by atoms with Crippen LogP contribution in [-0.2, 0) is 26.2 Å². The lowest BCUT2D eigenvalue weighted by molar-refractivity contribution is -0.139. The van der Waals surface area contributed by atoms with Gasteiger partial charge in [-0.2, -0.15) is 0 Å². The van der Waals surface area contributed by atoms with Crippen molar-refractivity contribution in [3.8, 4) is 0 Å². The minimum absolute atomic E-state index is 0.0702. The molecule has 0 heterocycles. The Balaban J connectivity index is 2.37. The van der Waals surface area contributed by atoms with Gasteiger partial charge in [-0.15, -0.1) is 0 Å². The molecule has 186 valence electrons. The predicted molar refractivity (Wildman–Crippen MR) is 138 cm³/mol. The highest BCUT2D eigenvalue weighted by molar-refractivity contribution is 7.92. The van der Waals surface area contributed by atoms with Gasteiger partial charge in [-0.05, 0) is 49.2 Å². The maximum absolute atomic E-state index is 13.4. The molecule has 2 aromatic carbocycles. The van der Waals surface area contributed by atoms with Crippen LogP contribution < -0.4 is 9.62 Å². The average molecular weight is 549 g/mol. The molecule has 2 rings (SSSR count). The van der Waals surface area contributed by atoms with Crippen molar-refractivity contribution in [1.29, 1.82) is 0 Å². The van der Waals surface area contributed by atoms with Crippen LogP contribution in [0.1, 0.15) is 32.3 Å². The third kappa shape index (κ3) is 8.05. The van der Waals surface area contributed by atoms with Gasteiger partial charge in [-0.3, -0.25) is 13.9 Å². The van der Waals surface area contributed by atoms with Crippen LogP contribution in [0.25, 0.3) is 0 Å². The van der Waals surface area contributed by atoms with E-state index in [0.717, 1.165) is 23.4 Å². The van der Waals surface area contributed by atoms with Gasteiger partial charge in [-0.1, -0.05) is 60.3 Å². The Morgan fingerprint density at radius 1 is 1.06 bits per heavy atom. The van der Waals surface area contributed by atoms with Crippen LogP contribution in [-0.4, -0.2) is 50.5 Å². The molecular weight excluding hydrogens is 521 g/mol. The number of amides is 2. The normalized spacial score (nSPS) is 12.2. The lowest BCUT2D eigenvalue weighted by Gasteiger charge is -2.31. The Bertz CT molecular complexity index is 1130. The number of hydrogen-bond acceptors (Lipinski definition) is 4. The van der Waals surface area contributed by atoms with Crippen molar-refractivity contribution in [2.24, 2.45) is 0 Å². The molecule has 11 heteroatoms. The molecule has 0 saturated heterocycles. The van der Waals surface area contributed by atoms with Crippen molar-refractivity contribution in [2.45, 2.75) is 39.3 Å². The number of anilines is 1. The molecule has 0 aromatic heterocycles. The van der Waals surface area contributed by atoms with Gasteiger partial charge < -0.3 is 10.2 Å². The summed E-state index contributed by atoms with van der Waals surface area (Å²) in [5, 5.41) is 3.71. The van der Waals surface area contributed by atoms with Crippen LogP contribution >= 0.6 is 34.8 Å². The average Bonchev–Trinajstić information content (AvgIpc) is 2.76. The van der Waals surface area contributed by atoms with Gasteiger partial charge in [0.1, 0.15) is 12.6 Å². The van der Waals surface area contributed by atoms with Crippen molar-refractivity contribution in [1.82, 2.24) is 10.2 Å². The van der Waals surface area contributed by atoms with E-state index in [1.165, 1.54) is 23.1 Å². The molecule has 0 spiro atoms. The summed E-state index contributed by atoms with van der Waals surface area (Å²) in [6, 6.07) is 10.4. The lowest BCUT2D eigenvalue weighted by Crippen LogP contribution is -2.51. The molecule has 2 amide bonds. The van der Waals surface area contributed by atoms with Crippen LogP contribution in [0, 0.1) is 0 Å². The number of carbonyl (C=O) groups excluding carboxylic acids is 2. The highest BCUT2D eigenvalue weighted by Gasteiger charge is 2.30. The molecular formula is C23H28Cl3N3O4S. The monoisotopic (exact) mass is 547 g/mol. The third-order valence-electron chi connectivity index (χ3n) is 5.11. The van der Waals surface area contributed by atoms with Crippen molar-refractivity contribution < 1.29 is 18.0 Å². The fraction of sp³-hybridized carbons (Fsp3) is 0.391. The molecule has 0 radical (unpaired) electrons. The van der Waals surface area contributed by atoms with Crippen LogP contribution in [0.5, 0.6) is 0 Å². The Morgan fingerprint density at radius 3 is 2.35 bits per heavy atom. The second kappa shape index (κ2) is 12.6. The number of carbonyl (C=O) groups is 2. The van der Waals surface area contributed by atoms with Crippen LogP contribution in [0.2, 0.25) is 15.1 Å². The quantitative estimate of drug-likeness (QED) is 0.411. The fourth-order valence-electron chi connectivity index (χ4n) is 3.20. The van der Waals surface area contributed by atoms with Gasteiger partial charge in [0, 0.05) is 18.1 Å². The standard InChI is InChI=1S/C23H28Cl3N3O4S/c1-4-5-11-27-23(31)16(2)28(14-17-7-6-8-18(24)12-17)22(30)15-29(34(3,32)33)19-9-10-20(25)21(26)13-19/h6-10,12-13,16H,4-5,11,14-15H2,1-3H3,(H,27,31)/t16-/m1/s1. The minimum Gasteiger partial charge on any atom is -0.354 e. The van der Waals surface area contributed by atoms with Crippen molar-refractivity contribution in [3.05, 3.63) is 63.1 Å². The zero-order valence-electron chi connectivity index (χ0n) is 19.2. The molecule has 1 N–H and O–H groups in total. The van der Waals surface area contributed by atoms with E-state index in [1.807, 2.05) is 6.92 Å². The highest BCUT2D eigenvalue weighted by atomic mass is 35.5. The zero-order valence-corrected chi connectivity index (χ0v) is 22.3. The van der Waals surface area contributed by atoms with E-state index >= 15 is 0 Å². The molecule has 0 aliphatic heterocycles. The fourth-order valence-corrected chi connectivity index (χ4v) is 4.55. The molecule has 0 aliphatic carbocycles. The summed E-state index contributed by atoms with van der Waals surface area (Å²) in [5.41, 5.74) is 0.891. The van der Waals surface area contributed by atoms with E-state index in [2.05, 4.69) is 5.32 Å². The number of sulfonamides is 1. The van der Waals surface area contributed by atoms with E-state index in [-0.39, 0.29) is 28.2 Å². The van der Waals surface area contributed by atoms with Crippen molar-refractivity contribution >= 4 is 62.3 Å². The third-order valence-corrected chi connectivity index (χ3v) is 7.22. The van der Waals surface area contributed by atoms with Gasteiger partial charge in [0.2, 0.25) is 21.8 Å². The van der Waals surface area contributed by atoms with Crippen LogP contribution in [0.4, 0.5) is 5.69 Å². The van der Waals surface area contributed by atoms with E-state index in [9.17, 15) is 18.0 Å². The van der Waals surface area contributed by atoms with Crippen LogP contribution in [0.3, 0.4) is 0 Å². The highest BCUT2D eigenvalue weighted by Crippen LogP contribution is 2.28. The van der Waals surface area contributed by atoms with Gasteiger partial charge in [0.15, 0.2) is 0 Å². The first-order valence-electron chi connectivity index (χ1n) is 10.7. The topological polar surface area (TPSA) is 86.8 Å². The first kappa shape index (κ1) is 28.2. The maximum Gasteiger partial charge on any atom is 0.244 e. The van der Waals surface area contributed by atoms with Gasteiger partial charge in [0.05, 0.1) is 22.0 Å². The zero-order chi connectivity index (χ0) is 25.5. The molecule has 0 bridgehead atoms. The van der Waals surface area contributed by atoms with Gasteiger partial charge in [-0.25, -0.2) is 8.42 Å². The first-order chi connectivity index (χ1) is 15.9. The second-order valence-corrected chi connectivity index (χ2v) is 11.0. The summed E-state index contributed by atoms with van der Waals surface area (Å²) >= 11 is 18.1. The number of rotatable bonds is 11. The number of hydrogen-bond donors (Lipinski definition) is 1. The van der Waals surface area contributed by atoms with Crippen molar-refractivity contribution in [3.63, 3.8) is 0 Å². The van der Waals surface area contributed by atoms with Gasteiger partial charge >= 0.3 is 0 Å². The smallest absolute Gasteiger partial charge is 0.244 e. The van der Waals surface area contributed by atoms with E-state index in [0.29, 0.717) is 17.1 Å². The Morgan fingerprint density at radius 2 is 1.76 bits per heavy atom. The maximum atomic E-state index is 13.4. The number of nitrogens with one attached hydrogen (secondary N) is 1. The Labute approximate surface area is 216 Å². The number of benzene rings is 2. The summed E-state index contributed by atoms with van der Waals surface area (Å²) in [5.74, 6) is -0.890. The van der Waals surface area contributed by atoms with Crippen molar-refractivity contribution in [2.75, 3.05) is 23.7 Å². The molecule has 1 atom stereocenters. The number of unbranched alkanes of at least 4 members (excludes halogenated alkanes) is 1. The van der Waals surface area contributed by atoms with E-state index in [4.69, 9.17) is 34.8 Å². The largest absolute Gasteiger partial charge is 0.354 e. The minimum atomic E-state index is -3.86. The van der Waals surface area contributed by atoms with E-state index < -0.39 is 28.5 Å². The summed E-state index contributed by atoms with van der Waals surface area (Å²) < 4.78 is 26.0. The van der Waals surface area contributed by atoms with Gasteiger partial charge in [0.25, 0.3) is 0 Å². The van der Waals surface area contributed by atoms with E-state index in [1.54, 1.807) is 31.2 Å². The second-order valence-electron chi connectivity index (χ2n) is 7.84. The molecule has 0 fully saturated rings. The van der Waals surface area contributed by atoms with Crippen LogP contribution in [0.15, 0.2) is 42.5 Å². The Hall–Kier alpha value is -2.00. The SMILES string of the molecule is CCCCNC(=O)[C@@H](C)N(Cc1cccc(Cl)c1)C(=O)CN(c1ccc(Cl)c(Cl)c1)S(C)(=O)=O. The summed E-state index contributed by atoms with van der Waals surface area (Å²) in [4.78, 5) is 27.5. The number of halogens is 3.